The minimum Gasteiger partial charge on any atom is -0.412 e. The lowest BCUT2D eigenvalue weighted by atomic mass is 10.4. The molecule has 1 aromatic rings. The topological polar surface area (TPSA) is 87.5 Å². The first-order valence-electron chi connectivity index (χ1n) is 2.46. The van der Waals surface area contributed by atoms with E-state index >= 15 is 0 Å². The molecular weight excluding hydrogens is 155 g/mol. The zero-order valence-corrected chi connectivity index (χ0v) is 5.32. The zero-order chi connectivity index (χ0) is 7.56. The standard InChI is InChI=1S/C5H3FN2O2.H2O/c6-5-4(8(9)10)2-1-3-7-5;/h1-3H;1H2. The molecule has 0 fully saturated rings. The Morgan fingerprint density at radius 1 is 1.64 bits per heavy atom. The molecule has 0 aliphatic carbocycles. The average Bonchev–Trinajstić information content (AvgIpc) is 1.88. The van der Waals surface area contributed by atoms with Crippen LogP contribution in [0.1, 0.15) is 0 Å². The number of nitro groups is 1. The SMILES string of the molecule is O.O=[N+]([O-])c1cccnc1F. The van der Waals surface area contributed by atoms with Crippen LogP contribution in [0.2, 0.25) is 0 Å². The summed E-state index contributed by atoms with van der Waals surface area (Å²) in [7, 11) is 0. The second-order valence-electron chi connectivity index (χ2n) is 1.57. The van der Waals surface area contributed by atoms with E-state index in [1.807, 2.05) is 0 Å². The van der Waals surface area contributed by atoms with Crippen LogP contribution >= 0.6 is 0 Å². The number of pyridine rings is 1. The molecule has 11 heavy (non-hydrogen) atoms. The highest BCUT2D eigenvalue weighted by molar-refractivity contribution is 5.25. The maximum absolute atomic E-state index is 12.3. The first kappa shape index (κ1) is 9.44. The Morgan fingerprint density at radius 2 is 2.27 bits per heavy atom. The number of halogens is 1. The molecule has 0 aliphatic heterocycles. The summed E-state index contributed by atoms with van der Waals surface area (Å²) in [5, 5.41) is 9.95. The molecule has 1 rings (SSSR count). The van der Waals surface area contributed by atoms with Gasteiger partial charge in [0, 0.05) is 12.3 Å². The molecular formula is C5H5FN2O3. The summed E-state index contributed by atoms with van der Waals surface area (Å²) in [5.41, 5.74) is -0.595. The van der Waals surface area contributed by atoms with Crippen LogP contribution in [0.25, 0.3) is 0 Å². The number of hydrogen-bond donors (Lipinski definition) is 0. The third-order valence-corrected chi connectivity index (χ3v) is 0.936. The van der Waals surface area contributed by atoms with Crippen molar-refractivity contribution in [3.05, 3.63) is 34.4 Å². The maximum atomic E-state index is 12.3. The molecule has 0 aliphatic rings. The molecule has 1 aromatic heterocycles. The van der Waals surface area contributed by atoms with Crippen molar-refractivity contribution in [2.45, 2.75) is 0 Å². The summed E-state index contributed by atoms with van der Waals surface area (Å²) in [6, 6.07) is 2.36. The summed E-state index contributed by atoms with van der Waals surface area (Å²) < 4.78 is 12.3. The van der Waals surface area contributed by atoms with Crippen LogP contribution in [0.15, 0.2) is 18.3 Å². The van der Waals surface area contributed by atoms with Gasteiger partial charge < -0.3 is 5.48 Å². The lowest BCUT2D eigenvalue weighted by molar-refractivity contribution is -0.388. The fourth-order valence-electron chi connectivity index (χ4n) is 0.514. The highest BCUT2D eigenvalue weighted by Crippen LogP contribution is 2.11. The van der Waals surface area contributed by atoms with Gasteiger partial charge in [0.25, 0.3) is 5.95 Å². The predicted octanol–water partition coefficient (Wildman–Crippen LogP) is 0.304. The molecule has 0 amide bonds. The highest BCUT2D eigenvalue weighted by atomic mass is 19.1. The quantitative estimate of drug-likeness (QED) is 0.336. The van der Waals surface area contributed by atoms with E-state index in [2.05, 4.69) is 4.98 Å². The van der Waals surface area contributed by atoms with Gasteiger partial charge in [0.15, 0.2) is 0 Å². The van der Waals surface area contributed by atoms with Crippen molar-refractivity contribution < 1.29 is 14.8 Å². The highest BCUT2D eigenvalue weighted by Gasteiger charge is 2.11. The molecule has 0 saturated heterocycles. The van der Waals surface area contributed by atoms with Crippen LogP contribution in [-0.2, 0) is 0 Å². The van der Waals surface area contributed by atoms with Crippen LogP contribution in [0.3, 0.4) is 0 Å². The van der Waals surface area contributed by atoms with Gasteiger partial charge in [-0.25, -0.2) is 4.98 Å². The van der Waals surface area contributed by atoms with E-state index < -0.39 is 16.6 Å². The normalized spacial score (nSPS) is 8.45. The molecule has 0 unspecified atom stereocenters. The summed E-state index contributed by atoms with van der Waals surface area (Å²) >= 11 is 0. The van der Waals surface area contributed by atoms with Gasteiger partial charge >= 0.3 is 5.69 Å². The maximum Gasteiger partial charge on any atom is 0.323 e. The van der Waals surface area contributed by atoms with Crippen molar-refractivity contribution >= 4 is 5.69 Å². The van der Waals surface area contributed by atoms with Crippen LogP contribution in [-0.4, -0.2) is 15.4 Å². The predicted molar refractivity (Wildman–Crippen MR) is 34.5 cm³/mol. The number of hydrogen-bond acceptors (Lipinski definition) is 3. The molecule has 0 saturated carbocycles. The van der Waals surface area contributed by atoms with Crippen molar-refractivity contribution in [2.75, 3.05) is 0 Å². The van der Waals surface area contributed by atoms with Gasteiger partial charge in [0.1, 0.15) is 0 Å². The molecule has 2 N–H and O–H groups in total. The Morgan fingerprint density at radius 3 is 2.64 bits per heavy atom. The van der Waals surface area contributed by atoms with Gasteiger partial charge in [-0.15, -0.1) is 0 Å². The Balaban J connectivity index is 0.000001000. The van der Waals surface area contributed by atoms with Gasteiger partial charge in [0.05, 0.1) is 4.92 Å². The van der Waals surface area contributed by atoms with Crippen molar-refractivity contribution in [3.63, 3.8) is 0 Å². The van der Waals surface area contributed by atoms with Crippen LogP contribution in [0.4, 0.5) is 10.1 Å². The van der Waals surface area contributed by atoms with Crippen molar-refractivity contribution in [3.8, 4) is 0 Å². The van der Waals surface area contributed by atoms with E-state index in [-0.39, 0.29) is 5.48 Å². The van der Waals surface area contributed by atoms with Gasteiger partial charge in [0.2, 0.25) is 0 Å². The molecule has 6 heteroatoms. The van der Waals surface area contributed by atoms with E-state index in [0.29, 0.717) is 0 Å². The molecule has 0 bridgehead atoms. The molecule has 60 valence electrons. The first-order chi connectivity index (χ1) is 4.72. The minimum absolute atomic E-state index is 0. The fraction of sp³-hybridized carbons (Fsp3) is 0. The molecule has 0 aromatic carbocycles. The van der Waals surface area contributed by atoms with Crippen LogP contribution in [0, 0.1) is 16.1 Å². The molecule has 1 heterocycles. The Hall–Kier alpha value is -1.56. The number of rotatable bonds is 1. The second-order valence-corrected chi connectivity index (χ2v) is 1.57. The second kappa shape index (κ2) is 3.57. The van der Waals surface area contributed by atoms with E-state index in [1.54, 1.807) is 0 Å². The van der Waals surface area contributed by atoms with E-state index in [1.165, 1.54) is 6.07 Å². The molecule has 0 spiro atoms. The number of aromatic nitrogens is 1. The lowest BCUT2D eigenvalue weighted by Gasteiger charge is -1.88. The smallest absolute Gasteiger partial charge is 0.323 e. The van der Waals surface area contributed by atoms with Crippen molar-refractivity contribution in [1.29, 1.82) is 0 Å². The van der Waals surface area contributed by atoms with E-state index in [0.717, 1.165) is 12.3 Å². The fourth-order valence-corrected chi connectivity index (χ4v) is 0.514. The largest absolute Gasteiger partial charge is 0.412 e. The Bertz CT molecular complexity index is 266. The first-order valence-corrected chi connectivity index (χ1v) is 2.46. The monoisotopic (exact) mass is 160 g/mol. The van der Waals surface area contributed by atoms with Crippen molar-refractivity contribution in [1.82, 2.24) is 4.98 Å². The summed E-state index contributed by atoms with van der Waals surface area (Å²) in [6.45, 7) is 0. The van der Waals surface area contributed by atoms with Crippen LogP contribution < -0.4 is 0 Å². The van der Waals surface area contributed by atoms with Gasteiger partial charge in [-0.05, 0) is 6.07 Å². The minimum atomic E-state index is -1.05. The zero-order valence-electron chi connectivity index (χ0n) is 5.32. The van der Waals surface area contributed by atoms with E-state index in [9.17, 15) is 14.5 Å². The Kier molecular flexibility index (Phi) is 3.06. The average molecular weight is 160 g/mol. The van der Waals surface area contributed by atoms with Crippen LogP contribution in [0.5, 0.6) is 0 Å². The lowest BCUT2D eigenvalue weighted by Crippen LogP contribution is -1.93. The van der Waals surface area contributed by atoms with Crippen molar-refractivity contribution in [2.24, 2.45) is 0 Å². The number of nitrogens with zero attached hydrogens (tertiary/aromatic N) is 2. The Labute approximate surface area is 61.0 Å². The van der Waals surface area contributed by atoms with Gasteiger partial charge in [-0.2, -0.15) is 4.39 Å². The van der Waals surface area contributed by atoms with E-state index in [4.69, 9.17) is 0 Å². The molecule has 0 radical (unpaired) electrons. The van der Waals surface area contributed by atoms with Gasteiger partial charge in [-0.3, -0.25) is 10.1 Å². The molecule has 0 atom stereocenters. The summed E-state index contributed by atoms with van der Waals surface area (Å²) in [4.78, 5) is 12.2. The summed E-state index contributed by atoms with van der Waals surface area (Å²) in [6.07, 6.45) is 1.16. The third kappa shape index (κ3) is 1.94. The molecule has 5 nitrogen and oxygen atoms in total. The van der Waals surface area contributed by atoms with Gasteiger partial charge in [-0.1, -0.05) is 0 Å². The summed E-state index contributed by atoms with van der Waals surface area (Å²) in [5.74, 6) is -1.05. The third-order valence-electron chi connectivity index (χ3n) is 0.936.